The summed E-state index contributed by atoms with van der Waals surface area (Å²) in [6, 6.07) is 59.8. The molecular weight excluding hydrogens is 1190 g/mol. The van der Waals surface area contributed by atoms with Crippen LogP contribution < -0.4 is 0 Å². The first-order chi connectivity index (χ1) is 44.0. The number of hydrogen-bond donors (Lipinski definition) is 1. The van der Waals surface area contributed by atoms with E-state index in [0.29, 0.717) is 37.7 Å². The lowest BCUT2D eigenvalue weighted by atomic mass is 9.98. The number of benzene rings is 7. The Balaban J connectivity index is 0.000000183. The highest BCUT2D eigenvalue weighted by Gasteiger charge is 2.47. The van der Waals surface area contributed by atoms with Gasteiger partial charge in [-0.05, 0) is 170 Å². The monoisotopic (exact) mass is 1280 g/mol. The fourth-order valence-electron chi connectivity index (χ4n) is 11.2. The molecule has 0 spiro atoms. The lowest BCUT2D eigenvalue weighted by molar-refractivity contribution is -0.133. The molecule has 3 aliphatic rings. The maximum atomic E-state index is 13.3. The SMILES string of the molecule is C=C1C[C@@H](Cc2ccc(-c3ccccc3)cc2)N(C(=O)OC(C)(C)C)C1=O.CC(C)(C)OC(=O)N1C(=O)C(CO)C[C@H]1Cc1ccc(-c2ccccc2)cc1.Cc1ccc(S(=O)(=O)OCC2C[C@@H](Cc3ccc(-c4ccccc4)cc3)N(C(=O)OC(C)(C)C)C2=O)cc1. The molecule has 10 rings (SSSR count). The summed E-state index contributed by atoms with van der Waals surface area (Å²) >= 11 is 0. The van der Waals surface area contributed by atoms with Crippen LogP contribution in [0.25, 0.3) is 33.4 Å². The van der Waals surface area contributed by atoms with E-state index >= 15 is 0 Å². The number of carbonyl (C=O) groups is 6. The lowest BCUT2D eigenvalue weighted by Crippen LogP contribution is -2.43. The number of carbonyl (C=O) groups excluding carboxylic acids is 6. The van der Waals surface area contributed by atoms with Gasteiger partial charge in [0.05, 0.1) is 36.0 Å². The van der Waals surface area contributed by atoms with Crippen molar-refractivity contribution >= 4 is 46.1 Å². The van der Waals surface area contributed by atoms with Crippen LogP contribution in [0.15, 0.2) is 205 Å². The highest BCUT2D eigenvalue weighted by molar-refractivity contribution is 7.86. The van der Waals surface area contributed by atoms with Crippen LogP contribution in [0.4, 0.5) is 14.4 Å². The molecular formula is C76H85N3O13S. The van der Waals surface area contributed by atoms with E-state index in [9.17, 15) is 42.3 Å². The van der Waals surface area contributed by atoms with Crippen molar-refractivity contribution in [1.29, 1.82) is 0 Å². The van der Waals surface area contributed by atoms with Crippen molar-refractivity contribution in [1.82, 2.24) is 14.7 Å². The molecule has 0 bridgehead atoms. The fraction of sp³-hybridized carbons (Fsp3) is 0.342. The quantitative estimate of drug-likeness (QED) is 0.0612. The summed E-state index contributed by atoms with van der Waals surface area (Å²) < 4.78 is 47.0. The van der Waals surface area contributed by atoms with Crippen molar-refractivity contribution in [3.63, 3.8) is 0 Å². The topological polar surface area (TPSA) is 203 Å². The highest BCUT2D eigenvalue weighted by atomic mass is 32.2. The molecule has 3 heterocycles. The third-order valence-electron chi connectivity index (χ3n) is 15.7. The van der Waals surface area contributed by atoms with Crippen LogP contribution in [-0.2, 0) is 62.2 Å². The minimum Gasteiger partial charge on any atom is -0.443 e. The van der Waals surface area contributed by atoms with Gasteiger partial charge >= 0.3 is 18.3 Å². The van der Waals surface area contributed by atoms with Crippen molar-refractivity contribution in [3.05, 3.63) is 222 Å². The Kier molecular flexibility index (Phi) is 22.6. The van der Waals surface area contributed by atoms with E-state index in [-0.39, 0.29) is 48.4 Å². The van der Waals surface area contributed by atoms with Gasteiger partial charge in [-0.2, -0.15) is 8.42 Å². The largest absolute Gasteiger partial charge is 0.443 e. The molecule has 5 atom stereocenters. The molecule has 16 nitrogen and oxygen atoms in total. The van der Waals surface area contributed by atoms with Gasteiger partial charge in [0.25, 0.3) is 16.0 Å². The number of hydrogen-bond acceptors (Lipinski definition) is 13. The second-order valence-corrected chi connectivity index (χ2v) is 28.3. The van der Waals surface area contributed by atoms with Gasteiger partial charge in [-0.1, -0.05) is 188 Å². The highest BCUT2D eigenvalue weighted by Crippen LogP contribution is 2.34. The molecule has 3 aliphatic heterocycles. The van der Waals surface area contributed by atoms with Gasteiger partial charge in [0.1, 0.15) is 16.8 Å². The number of rotatable bonds is 14. The van der Waals surface area contributed by atoms with Crippen LogP contribution >= 0.6 is 0 Å². The summed E-state index contributed by atoms with van der Waals surface area (Å²) in [5.74, 6) is -2.54. The molecule has 7 aromatic carbocycles. The predicted molar refractivity (Wildman–Crippen MR) is 359 cm³/mol. The summed E-state index contributed by atoms with van der Waals surface area (Å²) in [6.45, 7) is 20.9. The Hall–Kier alpha value is -9.03. The van der Waals surface area contributed by atoms with E-state index in [1.165, 1.54) is 21.9 Å². The van der Waals surface area contributed by atoms with Gasteiger partial charge < -0.3 is 19.3 Å². The van der Waals surface area contributed by atoms with Crippen LogP contribution in [0.2, 0.25) is 0 Å². The molecule has 0 aliphatic carbocycles. The number of aryl methyl sites for hydroxylation is 1. The molecule has 0 radical (unpaired) electrons. The summed E-state index contributed by atoms with van der Waals surface area (Å²) in [5, 5.41) is 9.52. The molecule has 0 aromatic heterocycles. The standard InChI is InChI=1S/C30H33NO6S.C23H27NO4.C23H25NO3/c1-21-10-16-27(17-11-21)38(34,35)36-20-25-19-26(31(28(25)32)29(33)37-30(2,3)4)18-22-12-14-24(15-13-22)23-8-6-5-7-9-23;1-23(2,3)28-22(27)24-20(14-19(15-25)21(24)26)13-16-9-11-18(12-10-16)17-7-5-4-6-8-17;1-16-14-20(24(21(16)25)22(26)27-23(2,3)4)15-17-10-12-19(13-11-17)18-8-6-5-7-9-18/h5-17,25-26H,18-20H2,1-4H3;4-12,19-20,25H,13-15H2,1-3H3;5-13,20H,1,14-15H2,2-4H3/t25?,26-;19?,20-;20-/m110/s1. The van der Waals surface area contributed by atoms with Crippen LogP contribution in [0.1, 0.15) is 104 Å². The van der Waals surface area contributed by atoms with Crippen LogP contribution in [0.5, 0.6) is 0 Å². The summed E-state index contributed by atoms with van der Waals surface area (Å²) in [7, 11) is -4.05. The Labute approximate surface area is 547 Å². The van der Waals surface area contributed by atoms with E-state index in [1.807, 2.05) is 134 Å². The van der Waals surface area contributed by atoms with E-state index in [4.69, 9.17) is 18.4 Å². The van der Waals surface area contributed by atoms with Gasteiger partial charge in [-0.25, -0.2) is 29.1 Å². The number of imide groups is 3. The smallest absolute Gasteiger partial charge is 0.417 e. The molecule has 3 saturated heterocycles. The Morgan fingerprint density at radius 3 is 1.14 bits per heavy atom. The number of ether oxygens (including phenoxy) is 3. The normalized spacial score (nSPS) is 18.3. The average Bonchev–Trinajstić information content (AvgIpc) is 1.69. The number of likely N-dealkylation sites (tertiary alicyclic amines) is 3. The first-order valence-electron chi connectivity index (χ1n) is 31.3. The molecule has 6 amide bonds. The molecule has 3 fully saturated rings. The van der Waals surface area contributed by atoms with E-state index in [1.54, 1.807) is 74.4 Å². The third kappa shape index (κ3) is 19.3. The fourth-order valence-corrected chi connectivity index (χ4v) is 12.2. The molecule has 17 heteroatoms. The van der Waals surface area contributed by atoms with Gasteiger partial charge in [0.15, 0.2) is 0 Å². The molecule has 2 unspecified atom stereocenters. The Morgan fingerprint density at radius 2 is 0.785 bits per heavy atom. The van der Waals surface area contributed by atoms with Crippen molar-refractivity contribution < 1.29 is 60.7 Å². The van der Waals surface area contributed by atoms with Crippen LogP contribution in [-0.4, -0.2) is 112 Å². The van der Waals surface area contributed by atoms with Gasteiger partial charge in [0, 0.05) is 17.7 Å². The molecule has 0 saturated carbocycles. The van der Waals surface area contributed by atoms with E-state index in [0.717, 1.165) is 60.5 Å². The lowest BCUT2D eigenvalue weighted by Gasteiger charge is -2.27. The first-order valence-corrected chi connectivity index (χ1v) is 32.7. The zero-order chi connectivity index (χ0) is 67.4. The maximum Gasteiger partial charge on any atom is 0.417 e. The number of amides is 6. The van der Waals surface area contributed by atoms with E-state index in [2.05, 4.69) is 43.0 Å². The number of aliphatic hydroxyl groups excluding tert-OH is 1. The van der Waals surface area contributed by atoms with Gasteiger partial charge in [0.2, 0.25) is 11.8 Å². The number of aliphatic hydroxyl groups is 1. The second kappa shape index (κ2) is 30.2. The third-order valence-corrected chi connectivity index (χ3v) is 17.0. The summed E-state index contributed by atoms with van der Waals surface area (Å²) in [6.07, 6.45) is 0.737. The average molecular weight is 1280 g/mol. The predicted octanol–water partition coefficient (Wildman–Crippen LogP) is 14.8. The van der Waals surface area contributed by atoms with Crippen molar-refractivity contribution in [2.45, 2.75) is 148 Å². The van der Waals surface area contributed by atoms with Crippen LogP contribution in [0.3, 0.4) is 0 Å². The number of nitrogens with zero attached hydrogens (tertiary/aromatic N) is 3. The van der Waals surface area contributed by atoms with Crippen molar-refractivity contribution in [2.24, 2.45) is 11.8 Å². The maximum absolute atomic E-state index is 13.3. The summed E-state index contributed by atoms with van der Waals surface area (Å²) in [4.78, 5) is 80.0. The van der Waals surface area contributed by atoms with Gasteiger partial charge in [-0.15, -0.1) is 0 Å². The molecule has 7 aromatic rings. The van der Waals surface area contributed by atoms with E-state index < -0.39 is 69.0 Å². The van der Waals surface area contributed by atoms with Crippen molar-refractivity contribution in [3.8, 4) is 33.4 Å². The minimum atomic E-state index is -4.05. The Bertz CT molecular complexity index is 3840. The molecule has 93 heavy (non-hydrogen) atoms. The molecule has 1 N–H and O–H groups in total. The minimum absolute atomic E-state index is 0.0209. The second-order valence-electron chi connectivity index (χ2n) is 26.7. The summed E-state index contributed by atoms with van der Waals surface area (Å²) in [5.41, 5.74) is 9.00. The van der Waals surface area contributed by atoms with Crippen molar-refractivity contribution in [2.75, 3.05) is 13.2 Å². The zero-order valence-corrected chi connectivity index (χ0v) is 55.6. The Morgan fingerprint density at radius 1 is 0.462 bits per heavy atom. The molecule has 488 valence electrons. The van der Waals surface area contributed by atoms with Gasteiger partial charge in [-0.3, -0.25) is 18.6 Å². The van der Waals surface area contributed by atoms with Crippen LogP contribution in [0, 0.1) is 18.8 Å². The first kappa shape index (κ1) is 69.9. The zero-order valence-electron chi connectivity index (χ0n) is 54.7.